The predicted octanol–water partition coefficient (Wildman–Crippen LogP) is 7.94. The Bertz CT molecular complexity index is 1490. The fraction of sp³-hybridized carbons (Fsp3) is 0.438. The second-order valence-corrected chi connectivity index (χ2v) is 13.4. The second-order valence-electron chi connectivity index (χ2n) is 11.8. The summed E-state index contributed by atoms with van der Waals surface area (Å²) < 4.78 is 8.79. The first kappa shape index (κ1) is 35.0. The summed E-state index contributed by atoms with van der Waals surface area (Å²) in [5.74, 6) is 0.567. The molecule has 1 saturated carbocycles. The van der Waals surface area contributed by atoms with Gasteiger partial charge in [0.05, 0.1) is 28.7 Å². The molecule has 242 valence electrons. The SMILES string of the molecule is CC1(C)CCC(Cc2ccc(Cl)cc2)C1(O)Cn1cncn1.CCCN(CCOc1c(Cl)cc(Cl)cc1Cl)C(=O)n1ccnc1. The number of carbonyl (C=O) groups excluding carboxylic acids is 1. The molecule has 9 nitrogen and oxygen atoms in total. The van der Waals surface area contributed by atoms with E-state index in [1.807, 2.05) is 31.2 Å². The van der Waals surface area contributed by atoms with Gasteiger partial charge < -0.3 is 14.7 Å². The summed E-state index contributed by atoms with van der Waals surface area (Å²) in [6.45, 7) is 8.06. The van der Waals surface area contributed by atoms with Crippen LogP contribution in [-0.2, 0) is 13.0 Å². The molecule has 2 aromatic heterocycles. The van der Waals surface area contributed by atoms with Crippen LogP contribution in [0.15, 0.2) is 67.8 Å². The smallest absolute Gasteiger partial charge is 0.329 e. The Hall–Kier alpha value is -2.82. The predicted molar refractivity (Wildman–Crippen MR) is 178 cm³/mol. The zero-order valence-electron chi connectivity index (χ0n) is 25.5. The van der Waals surface area contributed by atoms with Crippen LogP contribution in [0.4, 0.5) is 4.79 Å². The average molecular weight is 697 g/mol. The first-order valence-electron chi connectivity index (χ1n) is 14.8. The zero-order valence-corrected chi connectivity index (χ0v) is 28.6. The fourth-order valence-corrected chi connectivity index (χ4v) is 6.71. The number of ether oxygens (including phenoxy) is 1. The van der Waals surface area contributed by atoms with Crippen molar-refractivity contribution in [3.63, 3.8) is 0 Å². The van der Waals surface area contributed by atoms with E-state index >= 15 is 0 Å². The molecule has 1 N–H and O–H groups in total. The van der Waals surface area contributed by atoms with Crippen LogP contribution in [0.5, 0.6) is 5.75 Å². The molecule has 0 radical (unpaired) electrons. The van der Waals surface area contributed by atoms with Gasteiger partial charge in [0.15, 0.2) is 5.75 Å². The molecule has 1 aliphatic carbocycles. The molecule has 1 aliphatic rings. The number of imidazole rings is 1. The van der Waals surface area contributed by atoms with Crippen molar-refractivity contribution in [2.24, 2.45) is 11.3 Å². The highest BCUT2D eigenvalue weighted by Gasteiger charge is 2.54. The molecule has 1 amide bonds. The third-order valence-electron chi connectivity index (χ3n) is 8.29. The third-order valence-corrected chi connectivity index (χ3v) is 9.32. The molecule has 5 rings (SSSR count). The van der Waals surface area contributed by atoms with Crippen LogP contribution >= 0.6 is 46.4 Å². The Morgan fingerprint density at radius 2 is 1.76 bits per heavy atom. The van der Waals surface area contributed by atoms with Gasteiger partial charge in [0, 0.05) is 29.0 Å². The van der Waals surface area contributed by atoms with Crippen molar-refractivity contribution in [2.45, 2.75) is 58.6 Å². The number of benzene rings is 2. The molecule has 2 heterocycles. The first-order valence-corrected chi connectivity index (χ1v) is 16.3. The third kappa shape index (κ3) is 8.92. The molecule has 13 heteroatoms. The summed E-state index contributed by atoms with van der Waals surface area (Å²) in [7, 11) is 0. The summed E-state index contributed by atoms with van der Waals surface area (Å²) in [6.07, 6.45) is 11.5. The van der Waals surface area contributed by atoms with Gasteiger partial charge in [0.2, 0.25) is 0 Å². The van der Waals surface area contributed by atoms with Crippen LogP contribution in [0.3, 0.4) is 0 Å². The van der Waals surface area contributed by atoms with Gasteiger partial charge in [-0.1, -0.05) is 79.3 Å². The lowest BCUT2D eigenvalue weighted by atomic mass is 9.72. The van der Waals surface area contributed by atoms with Gasteiger partial charge >= 0.3 is 6.03 Å². The van der Waals surface area contributed by atoms with Gasteiger partial charge in [-0.05, 0) is 66.8 Å². The lowest BCUT2D eigenvalue weighted by Gasteiger charge is -2.40. The molecule has 2 atom stereocenters. The fourth-order valence-electron chi connectivity index (χ4n) is 5.66. The Balaban J connectivity index is 0.000000205. The van der Waals surface area contributed by atoms with Gasteiger partial charge in [-0.25, -0.2) is 14.8 Å². The van der Waals surface area contributed by atoms with E-state index in [-0.39, 0.29) is 24.0 Å². The topological polar surface area (TPSA) is 98.3 Å². The van der Waals surface area contributed by atoms with Crippen LogP contribution in [-0.4, -0.2) is 65.7 Å². The Morgan fingerprint density at radius 1 is 1.04 bits per heavy atom. The Morgan fingerprint density at radius 3 is 2.36 bits per heavy atom. The van der Waals surface area contributed by atoms with E-state index < -0.39 is 5.60 Å². The number of rotatable bonds is 10. The van der Waals surface area contributed by atoms with Crippen molar-refractivity contribution in [3.8, 4) is 5.75 Å². The van der Waals surface area contributed by atoms with Crippen LogP contribution in [0.25, 0.3) is 0 Å². The molecule has 45 heavy (non-hydrogen) atoms. The van der Waals surface area contributed by atoms with E-state index in [2.05, 4.69) is 28.9 Å². The minimum Gasteiger partial charge on any atom is -0.489 e. The zero-order chi connectivity index (χ0) is 32.6. The van der Waals surface area contributed by atoms with Crippen molar-refractivity contribution >= 4 is 52.4 Å². The van der Waals surface area contributed by atoms with Gasteiger partial charge in [-0.15, -0.1) is 0 Å². The van der Waals surface area contributed by atoms with E-state index in [4.69, 9.17) is 51.1 Å². The highest BCUT2D eigenvalue weighted by molar-refractivity contribution is 6.40. The Kier molecular flexibility index (Phi) is 12.2. The summed E-state index contributed by atoms with van der Waals surface area (Å²) in [5, 5.41) is 17.5. The van der Waals surface area contributed by atoms with Gasteiger partial charge in [0.25, 0.3) is 0 Å². The van der Waals surface area contributed by atoms with Crippen LogP contribution in [0.2, 0.25) is 20.1 Å². The quantitative estimate of drug-likeness (QED) is 0.181. The van der Waals surface area contributed by atoms with E-state index in [1.54, 1.807) is 40.4 Å². The number of aliphatic hydroxyl groups is 1. The van der Waals surface area contributed by atoms with Crippen LogP contribution < -0.4 is 4.74 Å². The maximum absolute atomic E-state index is 12.3. The maximum Gasteiger partial charge on any atom is 0.329 e. The van der Waals surface area contributed by atoms with E-state index in [0.717, 1.165) is 30.7 Å². The minimum absolute atomic E-state index is 0.143. The molecule has 0 spiro atoms. The van der Waals surface area contributed by atoms with Crippen molar-refractivity contribution < 1.29 is 14.6 Å². The summed E-state index contributed by atoms with van der Waals surface area (Å²) >= 11 is 24.0. The van der Waals surface area contributed by atoms with E-state index in [1.165, 1.54) is 22.8 Å². The number of nitrogens with zero attached hydrogens (tertiary/aromatic N) is 6. The lowest BCUT2D eigenvalue weighted by Crippen LogP contribution is -2.49. The summed E-state index contributed by atoms with van der Waals surface area (Å²) in [5.41, 5.74) is 0.278. The first-order chi connectivity index (χ1) is 21.4. The molecule has 2 unspecified atom stereocenters. The molecule has 0 aliphatic heterocycles. The Labute approximate surface area is 284 Å². The van der Waals surface area contributed by atoms with Crippen LogP contribution in [0.1, 0.15) is 45.6 Å². The van der Waals surface area contributed by atoms with E-state index in [9.17, 15) is 9.90 Å². The largest absolute Gasteiger partial charge is 0.489 e. The maximum atomic E-state index is 12.3. The molecule has 0 bridgehead atoms. The number of hydrogen-bond donors (Lipinski definition) is 1. The normalized spacial score (nSPS) is 18.7. The van der Waals surface area contributed by atoms with Gasteiger partial charge in [0.1, 0.15) is 25.6 Å². The highest BCUT2D eigenvalue weighted by atomic mass is 35.5. The molecule has 4 aromatic rings. The monoisotopic (exact) mass is 694 g/mol. The average Bonchev–Trinajstić information content (AvgIpc) is 3.75. The summed E-state index contributed by atoms with van der Waals surface area (Å²) in [6, 6.07) is 10.9. The van der Waals surface area contributed by atoms with Crippen molar-refractivity contribution in [2.75, 3.05) is 19.7 Å². The number of aromatic nitrogens is 5. The number of hydrogen-bond acceptors (Lipinski definition) is 6. The van der Waals surface area contributed by atoms with Crippen molar-refractivity contribution in [1.82, 2.24) is 29.2 Å². The van der Waals surface area contributed by atoms with Gasteiger partial charge in [-0.2, -0.15) is 5.10 Å². The summed E-state index contributed by atoms with van der Waals surface area (Å²) in [4.78, 5) is 21.9. The van der Waals surface area contributed by atoms with E-state index in [0.29, 0.717) is 40.5 Å². The molecule has 0 saturated heterocycles. The minimum atomic E-state index is -0.791. The van der Waals surface area contributed by atoms with Crippen molar-refractivity contribution in [1.29, 1.82) is 0 Å². The standard InChI is InChI=1S/C17H22ClN3O.C15H16Cl3N3O2/c1-16(2)8-7-14(9-13-3-5-15(18)6-4-13)17(16,22)10-21-12-19-11-20-21;1-2-4-20(15(22)21-5-3-19-10-21)6-7-23-14-12(17)8-11(16)9-13(14)18/h3-6,11-12,14,22H,7-10H2,1-2H3;3,5,8-10H,2,4,6-7H2,1H3. The lowest BCUT2D eigenvalue weighted by molar-refractivity contribution is -0.0907. The second kappa shape index (κ2) is 15.6. The number of carbonyl (C=O) groups is 1. The molecule has 2 aromatic carbocycles. The molecular weight excluding hydrogens is 658 g/mol. The number of halogens is 4. The molecular formula is C32H38Cl4N6O3. The van der Waals surface area contributed by atoms with Crippen molar-refractivity contribution in [3.05, 3.63) is 93.4 Å². The number of amides is 1. The highest BCUT2D eigenvalue weighted by Crippen LogP contribution is 2.51. The van der Waals surface area contributed by atoms with Gasteiger partial charge in [-0.3, -0.25) is 9.25 Å². The molecule has 1 fully saturated rings. The van der Waals surface area contributed by atoms with Crippen LogP contribution in [0, 0.1) is 11.3 Å².